The zero-order valence-corrected chi connectivity index (χ0v) is 8.33. The fraction of sp³-hybridized carbons (Fsp3) is 0.222. The Labute approximate surface area is 81.3 Å². The van der Waals surface area contributed by atoms with E-state index in [4.69, 9.17) is 23.2 Å². The lowest BCUT2D eigenvalue weighted by Crippen LogP contribution is -1.96. The first kappa shape index (κ1) is 9.56. The molecule has 0 radical (unpaired) electrons. The number of halogens is 2. The molecule has 0 saturated heterocycles. The molecule has 0 bridgehead atoms. The van der Waals surface area contributed by atoms with Gasteiger partial charge < -0.3 is 0 Å². The largest absolute Gasteiger partial charge is 0.294 e. The highest BCUT2D eigenvalue weighted by Crippen LogP contribution is 2.27. The summed E-state index contributed by atoms with van der Waals surface area (Å²) in [5.41, 5.74) is 1.28. The summed E-state index contributed by atoms with van der Waals surface area (Å²) in [4.78, 5) is 11.1. The van der Waals surface area contributed by atoms with E-state index in [1.807, 2.05) is 6.92 Å². The summed E-state index contributed by atoms with van der Waals surface area (Å²) in [6, 6.07) is 3.47. The summed E-state index contributed by atoms with van der Waals surface area (Å²) in [5.74, 6) is -0.103. The minimum Gasteiger partial charge on any atom is -0.294 e. The minimum absolute atomic E-state index is 0.103. The van der Waals surface area contributed by atoms with Gasteiger partial charge in [-0.3, -0.25) is 4.79 Å². The average molecular weight is 203 g/mol. The molecule has 0 aliphatic carbocycles. The standard InChI is InChI=1S/C9H8Cl2O/c1-5-3-4-7(10)8(6(2)12)9(5)11/h3-4H,1-2H3. The van der Waals surface area contributed by atoms with Gasteiger partial charge in [-0.05, 0) is 25.5 Å². The summed E-state index contributed by atoms with van der Waals surface area (Å²) in [6.45, 7) is 3.29. The van der Waals surface area contributed by atoms with Gasteiger partial charge in [0.05, 0.1) is 15.6 Å². The van der Waals surface area contributed by atoms with Gasteiger partial charge in [-0.1, -0.05) is 29.3 Å². The number of hydrogen-bond donors (Lipinski definition) is 0. The summed E-state index contributed by atoms with van der Waals surface area (Å²) < 4.78 is 0. The highest BCUT2D eigenvalue weighted by Gasteiger charge is 2.11. The predicted molar refractivity (Wildman–Crippen MR) is 51.2 cm³/mol. The van der Waals surface area contributed by atoms with Gasteiger partial charge in [0.15, 0.2) is 5.78 Å². The first-order chi connectivity index (χ1) is 5.54. The molecule has 0 amide bonds. The Morgan fingerprint density at radius 2 is 1.92 bits per heavy atom. The average Bonchev–Trinajstić information content (AvgIpc) is 1.97. The second kappa shape index (κ2) is 3.46. The van der Waals surface area contributed by atoms with Gasteiger partial charge in [0, 0.05) is 0 Å². The number of hydrogen-bond acceptors (Lipinski definition) is 1. The fourth-order valence-electron chi connectivity index (χ4n) is 0.979. The second-order valence-electron chi connectivity index (χ2n) is 2.61. The van der Waals surface area contributed by atoms with Crippen LogP contribution in [0.2, 0.25) is 10.0 Å². The fourth-order valence-corrected chi connectivity index (χ4v) is 1.62. The smallest absolute Gasteiger partial charge is 0.162 e. The monoisotopic (exact) mass is 202 g/mol. The van der Waals surface area contributed by atoms with Gasteiger partial charge in [0.25, 0.3) is 0 Å². The summed E-state index contributed by atoms with van der Waals surface area (Å²) in [7, 11) is 0. The molecular weight excluding hydrogens is 195 g/mol. The molecule has 0 atom stereocenters. The zero-order valence-electron chi connectivity index (χ0n) is 6.82. The lowest BCUT2D eigenvalue weighted by molar-refractivity contribution is 0.101. The number of ketones is 1. The van der Waals surface area contributed by atoms with Crippen LogP contribution < -0.4 is 0 Å². The van der Waals surface area contributed by atoms with Crippen LogP contribution in [0.25, 0.3) is 0 Å². The SMILES string of the molecule is CC(=O)c1c(Cl)ccc(C)c1Cl. The Morgan fingerprint density at radius 1 is 1.33 bits per heavy atom. The number of carbonyl (C=O) groups is 1. The molecule has 0 spiro atoms. The predicted octanol–water partition coefficient (Wildman–Crippen LogP) is 3.50. The van der Waals surface area contributed by atoms with Crippen molar-refractivity contribution in [2.75, 3.05) is 0 Å². The van der Waals surface area contributed by atoms with Crippen LogP contribution in [0, 0.1) is 6.92 Å². The molecule has 0 aromatic heterocycles. The Balaban J connectivity index is 3.43. The second-order valence-corrected chi connectivity index (χ2v) is 3.39. The molecule has 0 N–H and O–H groups in total. The van der Waals surface area contributed by atoms with Gasteiger partial charge in [-0.15, -0.1) is 0 Å². The first-order valence-electron chi connectivity index (χ1n) is 3.49. The van der Waals surface area contributed by atoms with Gasteiger partial charge in [-0.2, -0.15) is 0 Å². The van der Waals surface area contributed by atoms with Crippen LogP contribution in [0.4, 0.5) is 0 Å². The summed E-state index contributed by atoms with van der Waals surface area (Å²) in [5, 5.41) is 0.869. The van der Waals surface area contributed by atoms with E-state index in [1.165, 1.54) is 6.92 Å². The zero-order chi connectivity index (χ0) is 9.30. The Bertz CT molecular complexity index is 332. The van der Waals surface area contributed by atoms with Crippen molar-refractivity contribution in [1.29, 1.82) is 0 Å². The number of benzene rings is 1. The van der Waals surface area contributed by atoms with E-state index < -0.39 is 0 Å². The molecule has 0 aliphatic heterocycles. The lowest BCUT2D eigenvalue weighted by Gasteiger charge is -2.04. The maximum absolute atomic E-state index is 11.1. The molecule has 12 heavy (non-hydrogen) atoms. The molecule has 0 heterocycles. The van der Waals surface area contributed by atoms with Crippen molar-refractivity contribution < 1.29 is 4.79 Å². The molecule has 0 fully saturated rings. The number of rotatable bonds is 1. The Morgan fingerprint density at radius 3 is 2.33 bits per heavy atom. The van der Waals surface area contributed by atoms with E-state index in [2.05, 4.69) is 0 Å². The highest BCUT2D eigenvalue weighted by molar-refractivity contribution is 6.40. The van der Waals surface area contributed by atoms with Gasteiger partial charge >= 0.3 is 0 Å². The van der Waals surface area contributed by atoms with Crippen LogP contribution in [0.3, 0.4) is 0 Å². The number of aryl methyl sites for hydroxylation is 1. The van der Waals surface area contributed by atoms with Crippen LogP contribution in [-0.4, -0.2) is 5.78 Å². The van der Waals surface area contributed by atoms with Crippen molar-refractivity contribution in [3.8, 4) is 0 Å². The van der Waals surface area contributed by atoms with Crippen molar-refractivity contribution in [3.63, 3.8) is 0 Å². The molecule has 0 unspecified atom stereocenters. The third-order valence-corrected chi connectivity index (χ3v) is 2.44. The molecule has 64 valence electrons. The van der Waals surface area contributed by atoms with Crippen LogP contribution in [0.1, 0.15) is 22.8 Å². The van der Waals surface area contributed by atoms with Gasteiger partial charge in [-0.25, -0.2) is 0 Å². The first-order valence-corrected chi connectivity index (χ1v) is 4.25. The van der Waals surface area contributed by atoms with Crippen molar-refractivity contribution in [1.82, 2.24) is 0 Å². The molecular formula is C9H8Cl2O. The van der Waals surface area contributed by atoms with E-state index in [-0.39, 0.29) is 5.78 Å². The number of Topliss-reactive ketones (excluding diaryl/α,β-unsaturated/α-hetero) is 1. The van der Waals surface area contributed by atoms with Gasteiger partial charge in [0.2, 0.25) is 0 Å². The molecule has 0 saturated carbocycles. The topological polar surface area (TPSA) is 17.1 Å². The van der Waals surface area contributed by atoms with Crippen molar-refractivity contribution in [2.45, 2.75) is 13.8 Å². The van der Waals surface area contributed by atoms with Crippen molar-refractivity contribution in [2.24, 2.45) is 0 Å². The van der Waals surface area contributed by atoms with Crippen molar-refractivity contribution >= 4 is 29.0 Å². The normalized spacial score (nSPS) is 10.0. The van der Waals surface area contributed by atoms with Gasteiger partial charge in [0.1, 0.15) is 0 Å². The van der Waals surface area contributed by atoms with Crippen molar-refractivity contribution in [3.05, 3.63) is 33.3 Å². The van der Waals surface area contributed by atoms with Crippen LogP contribution in [0.15, 0.2) is 12.1 Å². The summed E-state index contributed by atoms with van der Waals surface area (Å²) in [6.07, 6.45) is 0. The molecule has 1 aromatic carbocycles. The molecule has 1 aromatic rings. The van der Waals surface area contributed by atoms with E-state index in [9.17, 15) is 4.79 Å². The third-order valence-electron chi connectivity index (χ3n) is 1.64. The third kappa shape index (κ3) is 1.62. The summed E-state index contributed by atoms with van der Waals surface area (Å²) >= 11 is 11.7. The molecule has 3 heteroatoms. The number of carbonyl (C=O) groups excluding carboxylic acids is 1. The lowest BCUT2D eigenvalue weighted by atomic mass is 10.1. The van der Waals surface area contributed by atoms with E-state index in [0.29, 0.717) is 15.6 Å². The maximum atomic E-state index is 11.1. The van der Waals surface area contributed by atoms with E-state index >= 15 is 0 Å². The highest BCUT2D eigenvalue weighted by atomic mass is 35.5. The quantitative estimate of drug-likeness (QED) is 0.638. The molecule has 1 rings (SSSR count). The van der Waals surface area contributed by atoms with Crippen LogP contribution in [0.5, 0.6) is 0 Å². The van der Waals surface area contributed by atoms with E-state index in [0.717, 1.165) is 5.56 Å². The van der Waals surface area contributed by atoms with Crippen LogP contribution in [-0.2, 0) is 0 Å². The Hall–Kier alpha value is -0.530. The Kier molecular flexibility index (Phi) is 2.76. The van der Waals surface area contributed by atoms with Crippen LogP contribution >= 0.6 is 23.2 Å². The maximum Gasteiger partial charge on any atom is 0.162 e. The van der Waals surface area contributed by atoms with E-state index in [1.54, 1.807) is 12.1 Å². The minimum atomic E-state index is -0.103. The molecule has 1 nitrogen and oxygen atoms in total. The molecule has 0 aliphatic rings.